The molecule has 0 saturated carbocycles. The molecule has 1 fully saturated rings. The molecular formula is C13H17ClN4OS. The molecule has 0 spiro atoms. The van der Waals surface area contributed by atoms with Crippen LogP contribution in [-0.2, 0) is 0 Å². The van der Waals surface area contributed by atoms with E-state index >= 15 is 0 Å². The van der Waals surface area contributed by atoms with E-state index < -0.39 is 0 Å². The minimum atomic E-state index is -0.144. The largest absolute Gasteiger partial charge is 0.334 e. The van der Waals surface area contributed by atoms with E-state index in [0.29, 0.717) is 0 Å². The Morgan fingerprint density at radius 1 is 1.50 bits per heavy atom. The smallest absolute Gasteiger partial charge is 0.319 e. The molecule has 108 valence electrons. The Kier molecular flexibility index (Phi) is 4.80. The molecule has 1 aliphatic rings. The molecule has 2 aromatic rings. The van der Waals surface area contributed by atoms with E-state index in [1.807, 2.05) is 25.1 Å². The fraction of sp³-hybridized carbons (Fsp3) is 0.385. The third-order valence-corrected chi connectivity index (χ3v) is 4.08. The number of amides is 2. The predicted octanol–water partition coefficient (Wildman–Crippen LogP) is 2.51. The molecule has 3 N–H and O–H groups in total. The highest BCUT2D eigenvalue weighted by atomic mass is 35.5. The van der Waals surface area contributed by atoms with Gasteiger partial charge in [0.1, 0.15) is 0 Å². The van der Waals surface area contributed by atoms with Crippen molar-refractivity contribution < 1.29 is 4.79 Å². The van der Waals surface area contributed by atoms with Gasteiger partial charge < -0.3 is 16.0 Å². The zero-order valence-corrected chi connectivity index (χ0v) is 12.7. The number of nitrogens with one attached hydrogen (secondary N) is 3. The average molecular weight is 313 g/mol. The second-order valence-corrected chi connectivity index (χ2v) is 5.94. The zero-order valence-electron chi connectivity index (χ0n) is 11.1. The lowest BCUT2D eigenvalue weighted by atomic mass is 10.2. The zero-order chi connectivity index (χ0) is 13.2. The van der Waals surface area contributed by atoms with Gasteiger partial charge in [-0.15, -0.1) is 23.7 Å². The Hall–Kier alpha value is -1.37. The van der Waals surface area contributed by atoms with Crippen LogP contribution in [0.2, 0.25) is 0 Å². The summed E-state index contributed by atoms with van der Waals surface area (Å²) in [6.45, 7) is 3.80. The summed E-state index contributed by atoms with van der Waals surface area (Å²) in [6, 6.07) is 5.87. The van der Waals surface area contributed by atoms with E-state index in [-0.39, 0.29) is 24.5 Å². The van der Waals surface area contributed by atoms with Crippen LogP contribution in [0.25, 0.3) is 10.2 Å². The van der Waals surface area contributed by atoms with Gasteiger partial charge in [-0.05, 0) is 38.1 Å². The predicted molar refractivity (Wildman–Crippen MR) is 85.0 cm³/mol. The second kappa shape index (κ2) is 6.39. The number of carbonyl (C=O) groups is 1. The van der Waals surface area contributed by atoms with Crippen LogP contribution in [0.4, 0.5) is 10.5 Å². The van der Waals surface area contributed by atoms with Gasteiger partial charge in [-0.2, -0.15) is 0 Å². The van der Waals surface area contributed by atoms with Gasteiger partial charge in [0, 0.05) is 18.3 Å². The number of halogens is 1. The number of hydrogen-bond donors (Lipinski definition) is 3. The molecule has 1 aromatic heterocycles. The van der Waals surface area contributed by atoms with Crippen molar-refractivity contribution in [1.29, 1.82) is 0 Å². The van der Waals surface area contributed by atoms with Gasteiger partial charge in [-0.25, -0.2) is 9.78 Å². The maximum absolute atomic E-state index is 11.8. The van der Waals surface area contributed by atoms with Crippen molar-refractivity contribution >= 4 is 45.7 Å². The Labute approximate surface area is 127 Å². The first-order valence-corrected chi connectivity index (χ1v) is 7.18. The van der Waals surface area contributed by atoms with Crippen molar-refractivity contribution in [1.82, 2.24) is 15.6 Å². The van der Waals surface area contributed by atoms with Crippen LogP contribution in [0, 0.1) is 6.92 Å². The van der Waals surface area contributed by atoms with Gasteiger partial charge in [-0.1, -0.05) is 0 Å². The van der Waals surface area contributed by atoms with Crippen LogP contribution in [0.15, 0.2) is 18.2 Å². The SMILES string of the molecule is Cc1nc2ccc(NC(=O)N[C@@H]3CCNC3)cc2s1.Cl. The number of benzene rings is 1. The molecule has 1 aliphatic heterocycles. The molecule has 20 heavy (non-hydrogen) atoms. The lowest BCUT2D eigenvalue weighted by Crippen LogP contribution is -2.39. The number of aromatic nitrogens is 1. The molecule has 0 bridgehead atoms. The number of thiazole rings is 1. The van der Waals surface area contributed by atoms with Crippen molar-refractivity contribution in [3.8, 4) is 0 Å². The van der Waals surface area contributed by atoms with E-state index in [2.05, 4.69) is 20.9 Å². The van der Waals surface area contributed by atoms with Gasteiger partial charge in [0.05, 0.1) is 15.2 Å². The van der Waals surface area contributed by atoms with E-state index in [4.69, 9.17) is 0 Å². The van der Waals surface area contributed by atoms with E-state index in [9.17, 15) is 4.79 Å². The van der Waals surface area contributed by atoms with Gasteiger partial charge in [-0.3, -0.25) is 0 Å². The highest BCUT2D eigenvalue weighted by molar-refractivity contribution is 7.18. The summed E-state index contributed by atoms with van der Waals surface area (Å²) in [7, 11) is 0. The lowest BCUT2D eigenvalue weighted by Gasteiger charge is -2.12. The summed E-state index contributed by atoms with van der Waals surface area (Å²) in [5.41, 5.74) is 1.79. The molecule has 0 aliphatic carbocycles. The summed E-state index contributed by atoms with van der Waals surface area (Å²) < 4.78 is 1.10. The molecule has 5 nitrogen and oxygen atoms in total. The maximum atomic E-state index is 11.8. The highest BCUT2D eigenvalue weighted by Crippen LogP contribution is 2.24. The van der Waals surface area contributed by atoms with Crippen LogP contribution in [-0.4, -0.2) is 30.1 Å². The van der Waals surface area contributed by atoms with Gasteiger partial charge in [0.2, 0.25) is 0 Å². The van der Waals surface area contributed by atoms with E-state index in [1.165, 1.54) is 0 Å². The molecule has 7 heteroatoms. The van der Waals surface area contributed by atoms with Gasteiger partial charge in [0.25, 0.3) is 0 Å². The summed E-state index contributed by atoms with van der Waals surface area (Å²) >= 11 is 1.63. The lowest BCUT2D eigenvalue weighted by molar-refractivity contribution is 0.249. The number of anilines is 1. The highest BCUT2D eigenvalue weighted by Gasteiger charge is 2.16. The summed E-state index contributed by atoms with van der Waals surface area (Å²) in [5.74, 6) is 0. The maximum Gasteiger partial charge on any atom is 0.319 e. The fourth-order valence-electron chi connectivity index (χ4n) is 2.25. The molecule has 1 atom stereocenters. The standard InChI is InChI=1S/C13H16N4OS.ClH/c1-8-15-11-3-2-9(6-12(11)19-8)16-13(18)17-10-4-5-14-7-10;/h2-3,6,10,14H,4-5,7H2,1H3,(H2,16,17,18);1H/t10-;/m1./s1. The quantitative estimate of drug-likeness (QED) is 0.798. The first kappa shape index (κ1) is 15.0. The number of urea groups is 1. The molecule has 0 radical (unpaired) electrons. The van der Waals surface area contributed by atoms with Crippen LogP contribution in [0.5, 0.6) is 0 Å². The van der Waals surface area contributed by atoms with Gasteiger partial charge in [0.15, 0.2) is 0 Å². The van der Waals surface area contributed by atoms with E-state index in [0.717, 1.165) is 40.4 Å². The number of fused-ring (bicyclic) bond motifs is 1. The summed E-state index contributed by atoms with van der Waals surface area (Å²) in [6.07, 6.45) is 0.987. The number of hydrogen-bond acceptors (Lipinski definition) is 4. The number of aryl methyl sites for hydroxylation is 1. The normalized spacial score (nSPS) is 17.8. The topological polar surface area (TPSA) is 66.0 Å². The summed E-state index contributed by atoms with van der Waals surface area (Å²) in [4.78, 5) is 16.2. The molecule has 1 aromatic carbocycles. The first-order chi connectivity index (χ1) is 9.20. The van der Waals surface area contributed by atoms with Gasteiger partial charge >= 0.3 is 6.03 Å². The Morgan fingerprint density at radius 3 is 3.10 bits per heavy atom. The second-order valence-electron chi connectivity index (χ2n) is 4.70. The Morgan fingerprint density at radius 2 is 2.35 bits per heavy atom. The summed E-state index contributed by atoms with van der Waals surface area (Å²) in [5, 5.41) is 10.1. The fourth-order valence-corrected chi connectivity index (χ4v) is 3.11. The first-order valence-electron chi connectivity index (χ1n) is 6.36. The average Bonchev–Trinajstić information content (AvgIpc) is 2.96. The van der Waals surface area contributed by atoms with Crippen LogP contribution in [0.1, 0.15) is 11.4 Å². The minimum absolute atomic E-state index is 0. The van der Waals surface area contributed by atoms with Crippen molar-refractivity contribution in [2.75, 3.05) is 18.4 Å². The van der Waals surface area contributed by atoms with Crippen LogP contribution < -0.4 is 16.0 Å². The van der Waals surface area contributed by atoms with Crippen LogP contribution in [0.3, 0.4) is 0 Å². The van der Waals surface area contributed by atoms with Crippen molar-refractivity contribution in [2.45, 2.75) is 19.4 Å². The number of nitrogens with zero attached hydrogens (tertiary/aromatic N) is 1. The minimum Gasteiger partial charge on any atom is -0.334 e. The molecule has 3 rings (SSSR count). The van der Waals surface area contributed by atoms with Crippen molar-refractivity contribution in [2.24, 2.45) is 0 Å². The monoisotopic (exact) mass is 312 g/mol. The Balaban J connectivity index is 0.00000147. The molecule has 0 unspecified atom stereocenters. The molecule has 2 amide bonds. The molecular weight excluding hydrogens is 296 g/mol. The third-order valence-electron chi connectivity index (χ3n) is 3.15. The van der Waals surface area contributed by atoms with Crippen LogP contribution >= 0.6 is 23.7 Å². The molecule has 2 heterocycles. The van der Waals surface area contributed by atoms with Crippen molar-refractivity contribution in [3.63, 3.8) is 0 Å². The number of carbonyl (C=O) groups excluding carboxylic acids is 1. The van der Waals surface area contributed by atoms with E-state index in [1.54, 1.807) is 11.3 Å². The third kappa shape index (κ3) is 3.39. The van der Waals surface area contributed by atoms with Crippen molar-refractivity contribution in [3.05, 3.63) is 23.2 Å². The Bertz CT molecular complexity index is 609. The number of rotatable bonds is 2. The molecule has 1 saturated heterocycles.